The lowest BCUT2D eigenvalue weighted by atomic mass is 10.2. The predicted molar refractivity (Wildman–Crippen MR) is 77.6 cm³/mol. The average Bonchev–Trinajstić information content (AvgIpc) is 2.39. The van der Waals surface area contributed by atoms with Crippen molar-refractivity contribution in [3.63, 3.8) is 0 Å². The minimum absolute atomic E-state index is 0.489. The Labute approximate surface area is 113 Å². The monoisotopic (exact) mass is 267 g/mol. The van der Waals surface area contributed by atoms with Crippen LogP contribution in [0.4, 0.5) is 5.69 Å². The molecule has 100 valence electrons. The molecule has 3 nitrogen and oxygen atoms in total. The van der Waals surface area contributed by atoms with Crippen LogP contribution in [0.3, 0.4) is 0 Å². The number of anilines is 1. The largest absolute Gasteiger partial charge is 0.480 e. The maximum Gasteiger partial charge on any atom is 0.326 e. The molecule has 0 aliphatic carbocycles. The summed E-state index contributed by atoms with van der Waals surface area (Å²) in [4.78, 5) is 14.3. The van der Waals surface area contributed by atoms with E-state index in [4.69, 9.17) is 5.11 Å². The number of aliphatic carboxylic acids is 1. The predicted octanol–water partition coefficient (Wildman–Crippen LogP) is 3.49. The molecular formula is C14H21NO2S. The maximum absolute atomic E-state index is 11.2. The number of rotatable bonds is 7. The van der Waals surface area contributed by atoms with E-state index >= 15 is 0 Å². The van der Waals surface area contributed by atoms with Gasteiger partial charge in [0.1, 0.15) is 6.04 Å². The Morgan fingerprint density at radius 2 is 2.00 bits per heavy atom. The number of nitrogens with zero attached hydrogens (tertiary/aromatic N) is 1. The van der Waals surface area contributed by atoms with Crippen molar-refractivity contribution in [3.05, 3.63) is 24.3 Å². The summed E-state index contributed by atoms with van der Waals surface area (Å²) in [6.07, 6.45) is 4.09. The van der Waals surface area contributed by atoms with Gasteiger partial charge in [0.25, 0.3) is 0 Å². The molecule has 0 saturated carbocycles. The van der Waals surface area contributed by atoms with Gasteiger partial charge in [-0.05, 0) is 43.9 Å². The Hall–Kier alpha value is -1.16. The highest BCUT2D eigenvalue weighted by Crippen LogP contribution is 2.22. The maximum atomic E-state index is 11.2. The molecule has 0 aromatic heterocycles. The van der Waals surface area contributed by atoms with Gasteiger partial charge in [0.2, 0.25) is 0 Å². The summed E-state index contributed by atoms with van der Waals surface area (Å²) in [5.74, 6) is -0.778. The van der Waals surface area contributed by atoms with Gasteiger partial charge >= 0.3 is 5.97 Å². The third-order valence-electron chi connectivity index (χ3n) is 2.98. The lowest BCUT2D eigenvalue weighted by Crippen LogP contribution is -2.39. The zero-order valence-electron chi connectivity index (χ0n) is 11.2. The van der Waals surface area contributed by atoms with Crippen molar-refractivity contribution in [2.45, 2.75) is 37.6 Å². The van der Waals surface area contributed by atoms with Gasteiger partial charge in [-0.25, -0.2) is 4.79 Å². The van der Waals surface area contributed by atoms with Gasteiger partial charge in [0.05, 0.1) is 0 Å². The Morgan fingerprint density at radius 1 is 1.39 bits per heavy atom. The first-order chi connectivity index (χ1) is 8.60. The van der Waals surface area contributed by atoms with E-state index in [-0.39, 0.29) is 0 Å². The second-order valence-corrected chi connectivity index (χ2v) is 5.14. The van der Waals surface area contributed by atoms with E-state index < -0.39 is 12.0 Å². The number of hydrogen-bond donors (Lipinski definition) is 1. The molecule has 0 unspecified atom stereocenters. The van der Waals surface area contributed by atoms with E-state index in [0.29, 0.717) is 0 Å². The zero-order valence-corrected chi connectivity index (χ0v) is 12.0. The first kappa shape index (κ1) is 14.9. The third kappa shape index (κ3) is 3.95. The molecule has 0 fully saturated rings. The van der Waals surface area contributed by atoms with Crippen LogP contribution in [-0.4, -0.2) is 29.9 Å². The summed E-state index contributed by atoms with van der Waals surface area (Å²) in [6, 6.07) is 7.58. The van der Waals surface area contributed by atoms with E-state index in [1.807, 2.05) is 35.4 Å². The fourth-order valence-corrected chi connectivity index (χ4v) is 2.19. The van der Waals surface area contributed by atoms with Gasteiger partial charge in [-0.2, -0.15) is 0 Å². The smallest absolute Gasteiger partial charge is 0.326 e. The van der Waals surface area contributed by atoms with Crippen LogP contribution in [0.25, 0.3) is 0 Å². The van der Waals surface area contributed by atoms with Gasteiger partial charge < -0.3 is 10.0 Å². The molecular weight excluding hydrogens is 246 g/mol. The molecule has 18 heavy (non-hydrogen) atoms. The zero-order chi connectivity index (χ0) is 13.5. The summed E-state index contributed by atoms with van der Waals surface area (Å²) < 4.78 is 0. The Kier molecular flexibility index (Phi) is 6.05. The number of unbranched alkanes of at least 4 members (excludes halogenated alkanes) is 1. The van der Waals surface area contributed by atoms with Crippen LogP contribution in [0.2, 0.25) is 0 Å². The highest BCUT2D eigenvalue weighted by atomic mass is 32.2. The normalized spacial score (nSPS) is 12.2. The number of carbonyl (C=O) groups is 1. The number of carboxylic acid groups (broad SMARTS) is 1. The van der Waals surface area contributed by atoms with E-state index in [0.717, 1.165) is 25.1 Å². The topological polar surface area (TPSA) is 40.5 Å². The van der Waals surface area contributed by atoms with Gasteiger partial charge in [-0.1, -0.05) is 13.3 Å². The lowest BCUT2D eigenvalue weighted by Gasteiger charge is -2.28. The van der Waals surface area contributed by atoms with Crippen LogP contribution < -0.4 is 4.90 Å². The molecule has 0 amide bonds. The minimum atomic E-state index is -0.778. The van der Waals surface area contributed by atoms with E-state index in [9.17, 15) is 4.79 Å². The Balaban J connectivity index is 2.89. The highest BCUT2D eigenvalue weighted by molar-refractivity contribution is 7.98. The molecule has 1 rings (SSSR count). The molecule has 0 saturated heterocycles. The minimum Gasteiger partial charge on any atom is -0.480 e. The average molecular weight is 267 g/mol. The van der Waals surface area contributed by atoms with E-state index in [2.05, 4.69) is 6.92 Å². The molecule has 0 bridgehead atoms. The van der Waals surface area contributed by atoms with Gasteiger partial charge in [0, 0.05) is 17.1 Å². The second kappa shape index (κ2) is 7.31. The van der Waals surface area contributed by atoms with Crippen molar-refractivity contribution in [2.24, 2.45) is 0 Å². The van der Waals surface area contributed by atoms with Crippen LogP contribution in [0.15, 0.2) is 29.2 Å². The summed E-state index contributed by atoms with van der Waals surface area (Å²) >= 11 is 1.69. The highest BCUT2D eigenvalue weighted by Gasteiger charge is 2.20. The number of hydrogen-bond acceptors (Lipinski definition) is 3. The summed E-state index contributed by atoms with van der Waals surface area (Å²) in [6.45, 7) is 4.63. The molecule has 1 atom stereocenters. The fraction of sp³-hybridized carbons (Fsp3) is 0.500. The standard InChI is InChI=1S/C14H21NO2S/c1-4-5-10-15(11(2)14(16)17)12-6-8-13(18-3)9-7-12/h6-9,11H,4-5,10H2,1-3H3,(H,16,17)/t11-/m0/s1. The second-order valence-electron chi connectivity index (χ2n) is 4.26. The molecule has 0 radical (unpaired) electrons. The van der Waals surface area contributed by atoms with Crippen molar-refractivity contribution in [3.8, 4) is 0 Å². The van der Waals surface area contributed by atoms with E-state index in [1.165, 1.54) is 4.90 Å². The van der Waals surface area contributed by atoms with Gasteiger partial charge in [0.15, 0.2) is 0 Å². The molecule has 4 heteroatoms. The van der Waals surface area contributed by atoms with E-state index in [1.54, 1.807) is 18.7 Å². The number of carboxylic acids is 1. The molecule has 0 aliphatic rings. The van der Waals surface area contributed by atoms with Crippen LogP contribution in [0, 0.1) is 0 Å². The van der Waals surface area contributed by atoms with Gasteiger partial charge in [-0.15, -0.1) is 11.8 Å². The van der Waals surface area contributed by atoms with Crippen LogP contribution in [0.5, 0.6) is 0 Å². The number of benzene rings is 1. The fourth-order valence-electron chi connectivity index (χ4n) is 1.78. The third-order valence-corrected chi connectivity index (χ3v) is 3.73. The molecule has 0 spiro atoms. The summed E-state index contributed by atoms with van der Waals surface area (Å²) in [5, 5.41) is 9.17. The van der Waals surface area contributed by atoms with Crippen molar-refractivity contribution in [2.75, 3.05) is 17.7 Å². The summed E-state index contributed by atoms with van der Waals surface area (Å²) in [5.41, 5.74) is 0.983. The number of thioether (sulfide) groups is 1. The molecule has 1 aromatic rings. The quantitative estimate of drug-likeness (QED) is 0.768. The first-order valence-corrected chi connectivity index (χ1v) is 7.46. The Bertz CT molecular complexity index is 378. The van der Waals surface area contributed by atoms with Crippen molar-refractivity contribution >= 4 is 23.4 Å². The van der Waals surface area contributed by atoms with Crippen molar-refractivity contribution < 1.29 is 9.90 Å². The summed E-state index contributed by atoms with van der Waals surface area (Å²) in [7, 11) is 0. The molecule has 0 aliphatic heterocycles. The van der Waals surface area contributed by atoms with Crippen LogP contribution >= 0.6 is 11.8 Å². The lowest BCUT2D eigenvalue weighted by molar-refractivity contribution is -0.138. The Morgan fingerprint density at radius 3 is 2.44 bits per heavy atom. The first-order valence-electron chi connectivity index (χ1n) is 6.23. The van der Waals surface area contributed by atoms with Crippen LogP contribution in [0.1, 0.15) is 26.7 Å². The molecule has 0 heterocycles. The van der Waals surface area contributed by atoms with Crippen molar-refractivity contribution in [1.29, 1.82) is 0 Å². The molecule has 1 N–H and O–H groups in total. The SMILES string of the molecule is CCCCN(c1ccc(SC)cc1)[C@@H](C)C(=O)O. The van der Waals surface area contributed by atoms with Gasteiger partial charge in [-0.3, -0.25) is 0 Å². The molecule has 1 aromatic carbocycles. The van der Waals surface area contributed by atoms with Crippen LogP contribution in [-0.2, 0) is 4.79 Å². The van der Waals surface area contributed by atoms with Crippen molar-refractivity contribution in [1.82, 2.24) is 0 Å².